The highest BCUT2D eigenvalue weighted by molar-refractivity contribution is 9.10. The number of morpholine rings is 1. The lowest BCUT2D eigenvalue weighted by atomic mass is 10.3. The highest BCUT2D eigenvalue weighted by Gasteiger charge is 2.24. The van der Waals surface area contributed by atoms with Crippen LogP contribution in [0.4, 0.5) is 5.69 Å². The average molecular weight is 377 g/mol. The molecule has 1 N–H and O–H groups in total. The molecule has 1 saturated heterocycles. The zero-order chi connectivity index (χ0) is 15.3. The molecule has 1 amide bonds. The number of sulfonamides is 1. The summed E-state index contributed by atoms with van der Waals surface area (Å²) in [6, 6.07) is 7.19. The van der Waals surface area contributed by atoms with E-state index < -0.39 is 10.0 Å². The Labute approximate surface area is 132 Å². The predicted octanol–water partition coefficient (Wildman–Crippen LogP) is 1.44. The normalized spacial score (nSPS) is 16.6. The minimum Gasteiger partial charge on any atom is -0.379 e. The van der Waals surface area contributed by atoms with Crippen molar-refractivity contribution in [1.82, 2.24) is 4.31 Å². The second-order valence-electron chi connectivity index (χ2n) is 4.61. The predicted molar refractivity (Wildman–Crippen MR) is 83.6 cm³/mol. The zero-order valence-corrected chi connectivity index (χ0v) is 13.8. The summed E-state index contributed by atoms with van der Waals surface area (Å²) in [5, 5.41) is 2.69. The summed E-state index contributed by atoms with van der Waals surface area (Å²) in [6.07, 6.45) is -0.0684. The molecule has 0 aromatic heterocycles. The minimum atomic E-state index is -3.40. The molecule has 0 spiro atoms. The Morgan fingerprint density at radius 2 is 1.95 bits per heavy atom. The molecule has 1 aliphatic heterocycles. The number of rotatable bonds is 5. The number of para-hydroxylation sites is 1. The van der Waals surface area contributed by atoms with Gasteiger partial charge in [-0.3, -0.25) is 4.79 Å². The summed E-state index contributed by atoms with van der Waals surface area (Å²) in [4.78, 5) is 11.9. The Bertz CT molecular complexity index is 600. The van der Waals surface area contributed by atoms with E-state index in [0.717, 1.165) is 4.47 Å². The van der Waals surface area contributed by atoms with E-state index in [4.69, 9.17) is 4.74 Å². The lowest BCUT2D eigenvalue weighted by molar-refractivity contribution is -0.115. The summed E-state index contributed by atoms with van der Waals surface area (Å²) < 4.78 is 31.4. The Balaban J connectivity index is 1.87. The smallest absolute Gasteiger partial charge is 0.225 e. The highest BCUT2D eigenvalue weighted by atomic mass is 79.9. The van der Waals surface area contributed by atoms with Crippen LogP contribution in [-0.2, 0) is 19.6 Å². The van der Waals surface area contributed by atoms with Gasteiger partial charge in [0, 0.05) is 24.0 Å². The van der Waals surface area contributed by atoms with E-state index in [1.54, 1.807) is 18.2 Å². The van der Waals surface area contributed by atoms with Crippen molar-refractivity contribution in [2.45, 2.75) is 6.42 Å². The van der Waals surface area contributed by atoms with Crippen LogP contribution in [0.1, 0.15) is 6.42 Å². The van der Waals surface area contributed by atoms with Gasteiger partial charge in [0.25, 0.3) is 0 Å². The minimum absolute atomic E-state index is 0.0684. The first-order valence-corrected chi connectivity index (χ1v) is 8.99. The van der Waals surface area contributed by atoms with Crippen LogP contribution in [0.5, 0.6) is 0 Å². The number of nitrogens with zero attached hydrogens (tertiary/aromatic N) is 1. The summed E-state index contributed by atoms with van der Waals surface area (Å²) in [5.41, 5.74) is 0.631. The van der Waals surface area contributed by atoms with Crippen LogP contribution >= 0.6 is 15.9 Å². The van der Waals surface area contributed by atoms with Gasteiger partial charge in [0.1, 0.15) is 0 Å². The topological polar surface area (TPSA) is 75.7 Å². The van der Waals surface area contributed by atoms with Gasteiger partial charge in [0.2, 0.25) is 15.9 Å². The molecule has 1 fully saturated rings. The van der Waals surface area contributed by atoms with Crippen molar-refractivity contribution >= 4 is 37.5 Å². The molecule has 0 bridgehead atoms. The lowest BCUT2D eigenvalue weighted by Gasteiger charge is -2.25. The lowest BCUT2D eigenvalue weighted by Crippen LogP contribution is -2.42. The van der Waals surface area contributed by atoms with Crippen molar-refractivity contribution in [3.8, 4) is 0 Å². The molecule has 0 saturated carbocycles. The van der Waals surface area contributed by atoms with Crippen LogP contribution in [0, 0.1) is 0 Å². The van der Waals surface area contributed by atoms with E-state index >= 15 is 0 Å². The first-order chi connectivity index (χ1) is 9.99. The molecule has 1 heterocycles. The molecule has 1 aromatic rings. The van der Waals surface area contributed by atoms with Crippen molar-refractivity contribution in [1.29, 1.82) is 0 Å². The van der Waals surface area contributed by atoms with Crippen molar-refractivity contribution < 1.29 is 17.9 Å². The molecule has 1 aliphatic rings. The molecular weight excluding hydrogens is 360 g/mol. The third kappa shape index (κ3) is 4.77. The third-order valence-electron chi connectivity index (χ3n) is 3.10. The van der Waals surface area contributed by atoms with Gasteiger partial charge in [-0.2, -0.15) is 4.31 Å². The van der Waals surface area contributed by atoms with E-state index in [0.29, 0.717) is 32.0 Å². The number of anilines is 1. The quantitative estimate of drug-likeness (QED) is 0.843. The van der Waals surface area contributed by atoms with Gasteiger partial charge in [-0.25, -0.2) is 8.42 Å². The van der Waals surface area contributed by atoms with Crippen LogP contribution in [0.3, 0.4) is 0 Å². The Morgan fingerprint density at radius 3 is 2.62 bits per heavy atom. The van der Waals surface area contributed by atoms with E-state index in [1.807, 2.05) is 6.07 Å². The molecule has 0 atom stereocenters. The number of amides is 1. The maximum absolute atomic E-state index is 12.1. The maximum atomic E-state index is 12.1. The Kier molecular flexibility index (Phi) is 5.74. The molecule has 2 rings (SSSR count). The number of carbonyl (C=O) groups is 1. The Morgan fingerprint density at radius 1 is 1.29 bits per heavy atom. The van der Waals surface area contributed by atoms with Crippen LogP contribution in [0.25, 0.3) is 0 Å². The molecule has 0 unspecified atom stereocenters. The van der Waals surface area contributed by atoms with Crippen molar-refractivity contribution in [2.24, 2.45) is 0 Å². The molecule has 0 aliphatic carbocycles. The van der Waals surface area contributed by atoms with Gasteiger partial charge in [-0.1, -0.05) is 12.1 Å². The largest absolute Gasteiger partial charge is 0.379 e. The number of ether oxygens (including phenoxy) is 1. The van der Waals surface area contributed by atoms with E-state index in [9.17, 15) is 13.2 Å². The van der Waals surface area contributed by atoms with Crippen LogP contribution in [-0.4, -0.2) is 50.7 Å². The molecule has 8 heteroatoms. The number of benzene rings is 1. The van der Waals surface area contributed by atoms with Gasteiger partial charge in [0.05, 0.1) is 24.7 Å². The first-order valence-electron chi connectivity index (χ1n) is 6.59. The number of nitrogens with one attached hydrogen (secondary N) is 1. The van der Waals surface area contributed by atoms with E-state index in [2.05, 4.69) is 21.2 Å². The summed E-state index contributed by atoms with van der Waals surface area (Å²) >= 11 is 3.32. The van der Waals surface area contributed by atoms with Crippen LogP contribution in [0.15, 0.2) is 28.7 Å². The fraction of sp³-hybridized carbons (Fsp3) is 0.462. The maximum Gasteiger partial charge on any atom is 0.225 e. The van der Waals surface area contributed by atoms with Crippen molar-refractivity contribution in [2.75, 3.05) is 37.4 Å². The van der Waals surface area contributed by atoms with Gasteiger partial charge < -0.3 is 10.1 Å². The van der Waals surface area contributed by atoms with Crippen LogP contribution in [0.2, 0.25) is 0 Å². The number of hydrogen-bond acceptors (Lipinski definition) is 4. The van der Waals surface area contributed by atoms with Crippen molar-refractivity contribution in [3.05, 3.63) is 28.7 Å². The van der Waals surface area contributed by atoms with Gasteiger partial charge in [-0.15, -0.1) is 0 Å². The summed E-state index contributed by atoms with van der Waals surface area (Å²) in [7, 11) is -3.40. The molecule has 1 aromatic carbocycles. The number of hydrogen-bond donors (Lipinski definition) is 1. The SMILES string of the molecule is O=C(CCS(=O)(=O)N1CCOCC1)Nc1ccccc1Br. The Hall–Kier alpha value is -0.960. The van der Waals surface area contributed by atoms with Crippen LogP contribution < -0.4 is 5.32 Å². The van der Waals surface area contributed by atoms with Gasteiger partial charge >= 0.3 is 0 Å². The fourth-order valence-corrected chi connectivity index (χ4v) is 3.74. The summed E-state index contributed by atoms with van der Waals surface area (Å²) in [5.74, 6) is -0.512. The molecule has 21 heavy (non-hydrogen) atoms. The molecule has 116 valence electrons. The number of carbonyl (C=O) groups excluding carboxylic acids is 1. The third-order valence-corrected chi connectivity index (χ3v) is 5.66. The van der Waals surface area contributed by atoms with Crippen molar-refractivity contribution in [3.63, 3.8) is 0 Å². The monoisotopic (exact) mass is 376 g/mol. The highest BCUT2D eigenvalue weighted by Crippen LogP contribution is 2.21. The fourth-order valence-electron chi connectivity index (χ4n) is 1.95. The van der Waals surface area contributed by atoms with E-state index in [-0.39, 0.29) is 18.1 Å². The van der Waals surface area contributed by atoms with E-state index in [1.165, 1.54) is 4.31 Å². The standard InChI is InChI=1S/C13H17BrN2O4S/c14-11-3-1-2-4-12(11)15-13(17)5-10-21(18,19)16-6-8-20-9-7-16/h1-4H,5-10H2,(H,15,17). The van der Waals surface area contributed by atoms with Gasteiger partial charge in [0.15, 0.2) is 0 Å². The van der Waals surface area contributed by atoms with Gasteiger partial charge in [-0.05, 0) is 28.1 Å². The molecular formula is C13H17BrN2O4S. The zero-order valence-electron chi connectivity index (χ0n) is 11.4. The average Bonchev–Trinajstić information content (AvgIpc) is 2.49. The first kappa shape index (κ1) is 16.4. The second kappa shape index (κ2) is 7.35. The second-order valence-corrected chi connectivity index (χ2v) is 7.55. The molecule has 6 nitrogen and oxygen atoms in total. The molecule has 0 radical (unpaired) electrons. The number of halogens is 1. The summed E-state index contributed by atoms with van der Waals surface area (Å²) in [6.45, 7) is 1.52.